The molecule has 0 aliphatic rings. The van der Waals surface area contributed by atoms with Gasteiger partial charge in [0.05, 0.1) is 4.88 Å². The van der Waals surface area contributed by atoms with Gasteiger partial charge in [-0.05, 0) is 35.7 Å². The number of amides is 1. The Kier molecular flexibility index (Phi) is 4.29. The standard InChI is InChI=1S/C14H9F2N3O3S/c15-13(16)21-9-5-3-8(4-6-9)11(20)17-14-19-18-12(22-14)10-2-1-7-23-10/h1-7,13H,(H,17,19,20). The number of carbonyl (C=O) groups is 1. The lowest BCUT2D eigenvalue weighted by molar-refractivity contribution is -0.0498. The van der Waals surface area contributed by atoms with Crippen LogP contribution in [-0.4, -0.2) is 22.7 Å². The summed E-state index contributed by atoms with van der Waals surface area (Å²) in [4.78, 5) is 12.8. The summed E-state index contributed by atoms with van der Waals surface area (Å²) in [6.45, 7) is -2.91. The Morgan fingerprint density at radius 2 is 2.00 bits per heavy atom. The molecule has 2 aromatic heterocycles. The zero-order valence-electron chi connectivity index (χ0n) is 11.4. The molecule has 1 amide bonds. The summed E-state index contributed by atoms with van der Waals surface area (Å²) in [5.41, 5.74) is 0.238. The molecule has 0 saturated heterocycles. The van der Waals surface area contributed by atoms with Crippen LogP contribution in [0.1, 0.15) is 10.4 Å². The first kappa shape index (κ1) is 15.1. The molecule has 23 heavy (non-hydrogen) atoms. The van der Waals surface area contributed by atoms with Gasteiger partial charge in [0.2, 0.25) is 0 Å². The van der Waals surface area contributed by atoms with Crippen LogP contribution in [0, 0.1) is 0 Å². The average molecular weight is 337 g/mol. The Labute approximate surface area is 132 Å². The van der Waals surface area contributed by atoms with Gasteiger partial charge in [-0.2, -0.15) is 8.78 Å². The van der Waals surface area contributed by atoms with Gasteiger partial charge in [0.15, 0.2) is 0 Å². The molecule has 2 heterocycles. The largest absolute Gasteiger partial charge is 0.435 e. The van der Waals surface area contributed by atoms with E-state index < -0.39 is 12.5 Å². The summed E-state index contributed by atoms with van der Waals surface area (Å²) in [5, 5.41) is 11.9. The van der Waals surface area contributed by atoms with Crippen molar-refractivity contribution in [1.29, 1.82) is 0 Å². The van der Waals surface area contributed by atoms with Crippen LogP contribution < -0.4 is 10.1 Å². The first-order chi connectivity index (χ1) is 11.1. The predicted octanol–water partition coefficient (Wildman–Crippen LogP) is 3.65. The molecule has 0 bridgehead atoms. The molecule has 1 N–H and O–H groups in total. The quantitative estimate of drug-likeness (QED) is 0.769. The third kappa shape index (κ3) is 3.69. The van der Waals surface area contributed by atoms with Crippen molar-refractivity contribution in [3.8, 4) is 16.5 Å². The average Bonchev–Trinajstić information content (AvgIpc) is 3.18. The minimum atomic E-state index is -2.91. The highest BCUT2D eigenvalue weighted by molar-refractivity contribution is 7.13. The SMILES string of the molecule is O=C(Nc1nnc(-c2cccs2)o1)c1ccc(OC(F)F)cc1. The lowest BCUT2D eigenvalue weighted by atomic mass is 10.2. The number of anilines is 1. The molecule has 9 heteroatoms. The van der Waals surface area contributed by atoms with Gasteiger partial charge in [-0.1, -0.05) is 11.2 Å². The number of alkyl halides is 2. The van der Waals surface area contributed by atoms with Crippen molar-refractivity contribution in [3.63, 3.8) is 0 Å². The molecule has 6 nitrogen and oxygen atoms in total. The second-order valence-corrected chi connectivity index (χ2v) is 5.19. The fraction of sp³-hybridized carbons (Fsp3) is 0.0714. The van der Waals surface area contributed by atoms with Gasteiger partial charge in [-0.15, -0.1) is 16.4 Å². The maximum Gasteiger partial charge on any atom is 0.387 e. The number of nitrogens with one attached hydrogen (secondary N) is 1. The van der Waals surface area contributed by atoms with E-state index in [9.17, 15) is 13.6 Å². The van der Waals surface area contributed by atoms with Gasteiger partial charge in [0.25, 0.3) is 11.8 Å². The van der Waals surface area contributed by atoms with Gasteiger partial charge in [-0.25, -0.2) is 0 Å². The Hall–Kier alpha value is -2.81. The normalized spacial score (nSPS) is 10.7. The summed E-state index contributed by atoms with van der Waals surface area (Å²) in [6, 6.07) is 8.84. The van der Waals surface area contributed by atoms with E-state index in [0.29, 0.717) is 5.89 Å². The molecule has 1 aromatic carbocycles. The number of hydrogen-bond acceptors (Lipinski definition) is 6. The first-order valence-electron chi connectivity index (χ1n) is 6.35. The summed E-state index contributed by atoms with van der Waals surface area (Å²) in [5.74, 6) is -0.236. The lowest BCUT2D eigenvalue weighted by Crippen LogP contribution is -2.12. The molecule has 118 valence electrons. The van der Waals surface area contributed by atoms with Gasteiger partial charge in [-0.3, -0.25) is 10.1 Å². The Morgan fingerprint density at radius 1 is 1.22 bits per heavy atom. The zero-order valence-corrected chi connectivity index (χ0v) is 12.2. The second kappa shape index (κ2) is 6.53. The molecule has 0 fully saturated rings. The molecule has 0 spiro atoms. The van der Waals surface area contributed by atoms with E-state index in [-0.39, 0.29) is 17.3 Å². The number of nitrogens with zero attached hydrogens (tertiary/aromatic N) is 2. The number of benzene rings is 1. The summed E-state index contributed by atoms with van der Waals surface area (Å²) >= 11 is 1.43. The van der Waals surface area contributed by atoms with Gasteiger partial charge in [0.1, 0.15) is 5.75 Å². The van der Waals surface area contributed by atoms with Crippen molar-refractivity contribution in [2.24, 2.45) is 0 Å². The van der Waals surface area contributed by atoms with Crippen molar-refractivity contribution >= 4 is 23.3 Å². The maximum atomic E-state index is 12.1. The van der Waals surface area contributed by atoms with E-state index in [1.54, 1.807) is 0 Å². The molecule has 3 aromatic rings. The topological polar surface area (TPSA) is 77.3 Å². The van der Waals surface area contributed by atoms with E-state index in [2.05, 4.69) is 20.3 Å². The van der Waals surface area contributed by atoms with Crippen LogP contribution in [0.4, 0.5) is 14.8 Å². The highest BCUT2D eigenvalue weighted by atomic mass is 32.1. The number of aromatic nitrogens is 2. The fourth-order valence-electron chi connectivity index (χ4n) is 1.73. The highest BCUT2D eigenvalue weighted by Crippen LogP contribution is 2.24. The lowest BCUT2D eigenvalue weighted by Gasteiger charge is -2.05. The monoisotopic (exact) mass is 337 g/mol. The molecule has 0 radical (unpaired) electrons. The molecule has 0 saturated carbocycles. The van der Waals surface area contributed by atoms with E-state index >= 15 is 0 Å². The summed E-state index contributed by atoms with van der Waals surface area (Å²) in [6.07, 6.45) is 0. The summed E-state index contributed by atoms with van der Waals surface area (Å²) < 4.78 is 33.7. The van der Waals surface area contributed by atoms with Crippen LogP contribution in [0.5, 0.6) is 5.75 Å². The first-order valence-corrected chi connectivity index (χ1v) is 7.23. The minimum Gasteiger partial charge on any atom is -0.435 e. The van der Waals surface area contributed by atoms with Crippen LogP contribution in [0.3, 0.4) is 0 Å². The smallest absolute Gasteiger partial charge is 0.387 e. The molecule has 0 aliphatic carbocycles. The number of hydrogen-bond donors (Lipinski definition) is 1. The van der Waals surface area contributed by atoms with Crippen LogP contribution in [-0.2, 0) is 0 Å². The van der Waals surface area contributed by atoms with Crippen molar-refractivity contribution in [1.82, 2.24) is 10.2 Å². The molecule has 0 atom stereocenters. The fourth-order valence-corrected chi connectivity index (χ4v) is 2.37. The summed E-state index contributed by atoms with van der Waals surface area (Å²) in [7, 11) is 0. The van der Waals surface area contributed by atoms with Gasteiger partial charge in [0, 0.05) is 5.56 Å². The van der Waals surface area contributed by atoms with Crippen LogP contribution in [0.25, 0.3) is 10.8 Å². The molecule has 3 rings (SSSR count). The van der Waals surface area contributed by atoms with Gasteiger partial charge >= 0.3 is 12.6 Å². The van der Waals surface area contributed by atoms with E-state index in [0.717, 1.165) is 4.88 Å². The van der Waals surface area contributed by atoms with Crippen molar-refractivity contribution < 1.29 is 22.7 Å². The van der Waals surface area contributed by atoms with Crippen molar-refractivity contribution in [2.45, 2.75) is 6.61 Å². The Morgan fingerprint density at radius 3 is 2.65 bits per heavy atom. The molecular formula is C14H9F2N3O3S. The van der Waals surface area contributed by atoms with E-state index in [1.807, 2.05) is 17.5 Å². The van der Waals surface area contributed by atoms with Crippen LogP contribution in [0.2, 0.25) is 0 Å². The minimum absolute atomic E-state index is 0.0330. The number of ether oxygens (including phenoxy) is 1. The van der Waals surface area contributed by atoms with Crippen LogP contribution >= 0.6 is 11.3 Å². The predicted molar refractivity (Wildman–Crippen MR) is 78.6 cm³/mol. The highest BCUT2D eigenvalue weighted by Gasteiger charge is 2.13. The Balaban J connectivity index is 1.67. The zero-order chi connectivity index (χ0) is 16.2. The number of carbonyl (C=O) groups excluding carboxylic acids is 1. The number of rotatable bonds is 5. The third-order valence-corrected chi connectivity index (χ3v) is 3.58. The molecule has 0 aliphatic heterocycles. The Bertz CT molecular complexity index is 788. The second-order valence-electron chi connectivity index (χ2n) is 4.25. The third-order valence-electron chi connectivity index (χ3n) is 2.72. The van der Waals surface area contributed by atoms with Crippen molar-refractivity contribution in [3.05, 3.63) is 47.3 Å². The molecule has 0 unspecified atom stereocenters. The van der Waals surface area contributed by atoms with E-state index in [1.165, 1.54) is 35.6 Å². The maximum absolute atomic E-state index is 12.1. The van der Waals surface area contributed by atoms with E-state index in [4.69, 9.17) is 4.42 Å². The number of thiophene rings is 1. The van der Waals surface area contributed by atoms with Crippen molar-refractivity contribution in [2.75, 3.05) is 5.32 Å². The van der Waals surface area contributed by atoms with Gasteiger partial charge < -0.3 is 9.15 Å². The number of halogens is 2. The van der Waals surface area contributed by atoms with Crippen LogP contribution in [0.15, 0.2) is 46.2 Å². The molecular weight excluding hydrogens is 328 g/mol.